The molecule has 1 heterocycles. The molecule has 3 aromatic rings. The number of ketones is 1. The Bertz CT molecular complexity index is 1330. The van der Waals surface area contributed by atoms with Crippen LogP contribution in [0.4, 0.5) is 0 Å². The molecule has 1 aliphatic rings. The molecule has 1 aliphatic heterocycles. The van der Waals surface area contributed by atoms with Crippen LogP contribution >= 0.6 is 0 Å². The number of carbonyl (C=O) groups is 4. The molecule has 0 aliphatic carbocycles. The molecular formula is C30H29NO5. The van der Waals surface area contributed by atoms with Crippen molar-refractivity contribution < 1.29 is 24.0 Å². The molecule has 0 spiro atoms. The third-order valence-corrected chi connectivity index (χ3v) is 6.22. The van der Waals surface area contributed by atoms with Gasteiger partial charge in [-0.25, -0.2) is 4.79 Å². The highest BCUT2D eigenvalue weighted by atomic mass is 16.7. The lowest BCUT2D eigenvalue weighted by molar-refractivity contribution is -0.0584. The second-order valence-electron chi connectivity index (χ2n) is 10.9. The van der Waals surface area contributed by atoms with Gasteiger partial charge in [-0.15, -0.1) is 0 Å². The molecule has 3 aromatic carbocycles. The molecule has 4 rings (SSSR count). The highest BCUT2D eigenvalue weighted by Crippen LogP contribution is 2.36. The van der Waals surface area contributed by atoms with Crippen molar-refractivity contribution in [3.05, 3.63) is 106 Å². The normalized spacial score (nSPS) is 13.5. The summed E-state index contributed by atoms with van der Waals surface area (Å²) in [5.74, 6) is -2.76. The average Bonchev–Trinajstić information content (AvgIpc) is 3.07. The molecule has 2 amide bonds. The summed E-state index contributed by atoms with van der Waals surface area (Å²) in [4.78, 5) is 56.7. The zero-order chi connectivity index (χ0) is 26.3. The zero-order valence-corrected chi connectivity index (χ0v) is 21.1. The molecule has 6 heteroatoms. The van der Waals surface area contributed by atoms with E-state index < -0.39 is 17.8 Å². The van der Waals surface area contributed by atoms with Crippen molar-refractivity contribution in [1.82, 2.24) is 5.06 Å². The summed E-state index contributed by atoms with van der Waals surface area (Å²) >= 11 is 0. The van der Waals surface area contributed by atoms with E-state index in [1.54, 1.807) is 36.4 Å². The molecule has 0 aromatic heterocycles. The molecule has 0 saturated carbocycles. The predicted octanol–water partition coefficient (Wildman–Crippen LogP) is 6.00. The fourth-order valence-electron chi connectivity index (χ4n) is 4.90. The molecule has 0 atom stereocenters. The van der Waals surface area contributed by atoms with Gasteiger partial charge in [0.1, 0.15) is 0 Å². The number of rotatable bonds is 6. The zero-order valence-electron chi connectivity index (χ0n) is 21.1. The van der Waals surface area contributed by atoms with Gasteiger partial charge in [-0.2, -0.15) is 0 Å². The number of amides is 2. The summed E-state index contributed by atoms with van der Waals surface area (Å²) in [5.41, 5.74) is 2.03. The van der Waals surface area contributed by atoms with E-state index in [9.17, 15) is 19.2 Å². The number of imide groups is 1. The van der Waals surface area contributed by atoms with Crippen LogP contribution in [0.15, 0.2) is 72.8 Å². The molecule has 0 saturated heterocycles. The first-order valence-electron chi connectivity index (χ1n) is 11.8. The maximum Gasteiger partial charge on any atom is 0.364 e. The minimum absolute atomic E-state index is 0.0313. The number of carbonyl (C=O) groups excluding carboxylic acids is 4. The van der Waals surface area contributed by atoms with Crippen LogP contribution in [-0.2, 0) is 10.3 Å². The highest BCUT2D eigenvalue weighted by Gasteiger charge is 2.39. The third kappa shape index (κ3) is 4.85. The quantitative estimate of drug-likeness (QED) is 0.317. The van der Waals surface area contributed by atoms with Crippen LogP contribution in [0.3, 0.4) is 0 Å². The second kappa shape index (κ2) is 9.19. The van der Waals surface area contributed by atoms with Gasteiger partial charge in [-0.3, -0.25) is 14.4 Å². The molecule has 0 fully saturated rings. The van der Waals surface area contributed by atoms with Gasteiger partial charge < -0.3 is 4.84 Å². The second-order valence-corrected chi connectivity index (χ2v) is 10.9. The Labute approximate surface area is 210 Å². The Morgan fingerprint density at radius 3 is 1.75 bits per heavy atom. The lowest BCUT2D eigenvalue weighted by Gasteiger charge is -2.33. The van der Waals surface area contributed by atoms with Gasteiger partial charge in [0.15, 0.2) is 5.78 Å². The molecule has 6 nitrogen and oxygen atoms in total. The van der Waals surface area contributed by atoms with Crippen molar-refractivity contribution in [2.24, 2.45) is 5.41 Å². The van der Waals surface area contributed by atoms with E-state index in [0.29, 0.717) is 10.6 Å². The van der Waals surface area contributed by atoms with Crippen LogP contribution in [0.1, 0.15) is 93.6 Å². The van der Waals surface area contributed by atoms with Crippen LogP contribution < -0.4 is 0 Å². The van der Waals surface area contributed by atoms with Crippen molar-refractivity contribution in [2.75, 3.05) is 0 Å². The maximum atomic E-state index is 13.4. The van der Waals surface area contributed by atoms with E-state index in [4.69, 9.17) is 4.84 Å². The lowest BCUT2D eigenvalue weighted by atomic mass is 9.72. The van der Waals surface area contributed by atoms with Crippen molar-refractivity contribution in [3.8, 4) is 0 Å². The predicted molar refractivity (Wildman–Crippen MR) is 136 cm³/mol. The molecule has 0 bridgehead atoms. The monoisotopic (exact) mass is 483 g/mol. The van der Waals surface area contributed by atoms with E-state index in [2.05, 4.69) is 34.6 Å². The summed E-state index contributed by atoms with van der Waals surface area (Å²) in [5, 5.41) is 0.445. The van der Waals surface area contributed by atoms with Crippen molar-refractivity contribution in [1.29, 1.82) is 0 Å². The third-order valence-electron chi connectivity index (χ3n) is 6.22. The van der Waals surface area contributed by atoms with Gasteiger partial charge in [-0.1, -0.05) is 94.3 Å². The van der Waals surface area contributed by atoms with Gasteiger partial charge in [0.25, 0.3) is 11.8 Å². The first-order chi connectivity index (χ1) is 16.9. The van der Waals surface area contributed by atoms with Crippen molar-refractivity contribution in [2.45, 2.75) is 46.5 Å². The summed E-state index contributed by atoms with van der Waals surface area (Å²) in [6.07, 6.45) is 0.972. The van der Waals surface area contributed by atoms with Crippen LogP contribution in [0.2, 0.25) is 0 Å². The summed E-state index contributed by atoms with van der Waals surface area (Å²) < 4.78 is 0. The summed E-state index contributed by atoms with van der Waals surface area (Å²) in [7, 11) is 0. The minimum Gasteiger partial charge on any atom is -0.324 e. The number of hydrogen-bond donors (Lipinski definition) is 0. The Balaban J connectivity index is 1.56. The molecular weight excluding hydrogens is 454 g/mol. The SMILES string of the molecule is CC(C)(C)CC(C)(C)c1ccc(C(=O)c2ccccc2C(=O)ON2C(=O)c3ccccc3C2=O)cc1. The van der Waals surface area contributed by atoms with Crippen LogP contribution in [0, 0.1) is 5.41 Å². The summed E-state index contributed by atoms with van der Waals surface area (Å²) in [6, 6.07) is 19.8. The van der Waals surface area contributed by atoms with Crippen LogP contribution in [-0.4, -0.2) is 28.6 Å². The maximum absolute atomic E-state index is 13.4. The Morgan fingerprint density at radius 2 is 1.22 bits per heavy atom. The van der Waals surface area contributed by atoms with Crippen LogP contribution in [0.25, 0.3) is 0 Å². The molecule has 36 heavy (non-hydrogen) atoms. The van der Waals surface area contributed by atoms with Gasteiger partial charge in [0.2, 0.25) is 0 Å². The topological polar surface area (TPSA) is 80.8 Å². The minimum atomic E-state index is -0.962. The van der Waals surface area contributed by atoms with E-state index in [-0.39, 0.29) is 38.9 Å². The van der Waals surface area contributed by atoms with Gasteiger partial charge in [0.05, 0.1) is 16.7 Å². The first-order valence-corrected chi connectivity index (χ1v) is 11.8. The number of hydrogen-bond acceptors (Lipinski definition) is 5. The molecule has 184 valence electrons. The molecule has 0 radical (unpaired) electrons. The largest absolute Gasteiger partial charge is 0.364 e. The fourth-order valence-corrected chi connectivity index (χ4v) is 4.90. The van der Waals surface area contributed by atoms with Gasteiger partial charge >= 0.3 is 5.97 Å². The molecule has 0 N–H and O–H groups in total. The highest BCUT2D eigenvalue weighted by molar-refractivity contribution is 6.21. The fraction of sp³-hybridized carbons (Fsp3) is 0.267. The van der Waals surface area contributed by atoms with E-state index >= 15 is 0 Å². The number of fused-ring (bicyclic) bond motifs is 1. The number of benzene rings is 3. The van der Waals surface area contributed by atoms with E-state index in [0.717, 1.165) is 12.0 Å². The van der Waals surface area contributed by atoms with Crippen molar-refractivity contribution in [3.63, 3.8) is 0 Å². The number of nitrogens with zero attached hydrogens (tertiary/aromatic N) is 1. The lowest BCUT2D eigenvalue weighted by Crippen LogP contribution is -2.33. The van der Waals surface area contributed by atoms with E-state index in [1.165, 1.54) is 24.3 Å². The van der Waals surface area contributed by atoms with Crippen molar-refractivity contribution >= 4 is 23.6 Å². The Kier molecular flexibility index (Phi) is 6.39. The van der Waals surface area contributed by atoms with Gasteiger partial charge in [-0.05, 0) is 41.0 Å². The van der Waals surface area contributed by atoms with E-state index in [1.807, 2.05) is 12.1 Å². The molecule has 0 unspecified atom stereocenters. The Morgan fingerprint density at radius 1 is 0.722 bits per heavy atom. The standard InChI is InChI=1S/C30H29NO5/c1-29(2,3)18-30(4,5)20-16-14-19(15-17-20)25(32)21-10-6-9-13-24(21)28(35)36-31-26(33)22-11-7-8-12-23(22)27(31)34/h6-17H,18H2,1-5H3. The average molecular weight is 484 g/mol. The van der Waals surface area contributed by atoms with Gasteiger partial charge in [0, 0.05) is 11.1 Å². The summed E-state index contributed by atoms with van der Waals surface area (Å²) in [6.45, 7) is 11.0. The first kappa shape index (κ1) is 25.0. The van der Waals surface area contributed by atoms with Crippen LogP contribution in [0.5, 0.6) is 0 Å². The number of hydroxylamine groups is 2. The Hall–Kier alpha value is -4.06. The smallest absolute Gasteiger partial charge is 0.324 e.